The number of hydrogen-bond donors (Lipinski definition) is 1. The second-order valence-corrected chi connectivity index (χ2v) is 6.02. The van der Waals surface area contributed by atoms with Gasteiger partial charge in [0.25, 0.3) is 0 Å². The van der Waals surface area contributed by atoms with Crippen molar-refractivity contribution in [3.8, 4) is 5.75 Å². The van der Waals surface area contributed by atoms with Crippen molar-refractivity contribution >= 4 is 10.8 Å². The van der Waals surface area contributed by atoms with Gasteiger partial charge in [-0.05, 0) is 41.5 Å². The molecule has 0 aromatic heterocycles. The summed E-state index contributed by atoms with van der Waals surface area (Å²) in [6.45, 7) is 0.947. The Kier molecular flexibility index (Phi) is 4.43. The molecule has 0 radical (unpaired) electrons. The molecule has 1 N–H and O–H groups in total. The molecule has 0 aliphatic heterocycles. The maximum atomic E-state index is 13.6. The first-order valence-electron chi connectivity index (χ1n) is 7.77. The standard InChI is InChI=1S/C20H17F3O2/c1-14-6-10-18(11-7-14)25-13-19(24,20(21,22)23)17-9-8-15-4-2-3-5-16(15)12-17/h2-12,24H,13H2,1H3. The van der Waals surface area contributed by atoms with E-state index in [9.17, 15) is 18.3 Å². The zero-order valence-electron chi connectivity index (χ0n) is 13.5. The van der Waals surface area contributed by atoms with Crippen molar-refractivity contribution in [3.63, 3.8) is 0 Å². The number of benzene rings is 3. The fourth-order valence-electron chi connectivity index (χ4n) is 2.60. The van der Waals surface area contributed by atoms with Crippen LogP contribution >= 0.6 is 0 Å². The largest absolute Gasteiger partial charge is 0.490 e. The van der Waals surface area contributed by atoms with E-state index >= 15 is 0 Å². The van der Waals surface area contributed by atoms with Gasteiger partial charge in [-0.15, -0.1) is 0 Å². The normalized spacial score (nSPS) is 14.3. The Morgan fingerprint density at radius 1 is 0.880 bits per heavy atom. The maximum Gasteiger partial charge on any atom is 0.424 e. The quantitative estimate of drug-likeness (QED) is 0.722. The molecule has 0 saturated heterocycles. The molecule has 130 valence electrons. The van der Waals surface area contributed by atoms with Crippen LogP contribution in [0.4, 0.5) is 13.2 Å². The molecular formula is C20H17F3O2. The second-order valence-electron chi connectivity index (χ2n) is 6.02. The lowest BCUT2D eigenvalue weighted by molar-refractivity contribution is -0.275. The first-order chi connectivity index (χ1) is 11.8. The van der Waals surface area contributed by atoms with Crippen LogP contribution in [-0.4, -0.2) is 17.9 Å². The first kappa shape index (κ1) is 17.3. The van der Waals surface area contributed by atoms with Crippen molar-refractivity contribution in [1.29, 1.82) is 0 Å². The predicted molar refractivity (Wildman–Crippen MR) is 90.6 cm³/mol. The van der Waals surface area contributed by atoms with Gasteiger partial charge in [-0.3, -0.25) is 0 Å². The molecular weight excluding hydrogens is 329 g/mol. The fourth-order valence-corrected chi connectivity index (χ4v) is 2.60. The van der Waals surface area contributed by atoms with Crippen LogP contribution < -0.4 is 4.74 Å². The fraction of sp³-hybridized carbons (Fsp3) is 0.200. The van der Waals surface area contributed by atoms with Gasteiger partial charge < -0.3 is 9.84 Å². The number of rotatable bonds is 4. The van der Waals surface area contributed by atoms with E-state index in [0.717, 1.165) is 10.9 Å². The Morgan fingerprint density at radius 2 is 1.52 bits per heavy atom. The molecule has 1 atom stereocenters. The highest BCUT2D eigenvalue weighted by Gasteiger charge is 2.56. The summed E-state index contributed by atoms with van der Waals surface area (Å²) in [5.41, 5.74) is -2.37. The summed E-state index contributed by atoms with van der Waals surface area (Å²) in [6, 6.07) is 17.9. The van der Waals surface area contributed by atoms with Gasteiger partial charge in [-0.2, -0.15) is 13.2 Å². The van der Waals surface area contributed by atoms with Gasteiger partial charge in [0.1, 0.15) is 12.4 Å². The Morgan fingerprint density at radius 3 is 2.16 bits per heavy atom. The summed E-state index contributed by atoms with van der Waals surface area (Å²) in [6.07, 6.45) is -4.87. The lowest BCUT2D eigenvalue weighted by Gasteiger charge is -2.31. The molecule has 1 unspecified atom stereocenters. The zero-order chi connectivity index (χ0) is 18.1. The molecule has 0 aliphatic carbocycles. The highest BCUT2D eigenvalue weighted by molar-refractivity contribution is 5.83. The van der Waals surface area contributed by atoms with Crippen LogP contribution in [0, 0.1) is 6.92 Å². The van der Waals surface area contributed by atoms with Crippen LogP contribution in [0.25, 0.3) is 10.8 Å². The molecule has 3 aromatic carbocycles. The van der Waals surface area contributed by atoms with E-state index < -0.39 is 18.4 Å². The van der Waals surface area contributed by atoms with Crippen LogP contribution in [0.1, 0.15) is 11.1 Å². The first-order valence-corrected chi connectivity index (χ1v) is 7.77. The molecule has 3 rings (SSSR count). The number of halogens is 3. The van der Waals surface area contributed by atoms with Gasteiger partial charge in [-0.25, -0.2) is 0 Å². The molecule has 0 bridgehead atoms. The van der Waals surface area contributed by atoms with E-state index in [1.165, 1.54) is 12.1 Å². The van der Waals surface area contributed by atoms with Crippen molar-refractivity contribution in [1.82, 2.24) is 0 Å². The highest BCUT2D eigenvalue weighted by atomic mass is 19.4. The van der Waals surface area contributed by atoms with Gasteiger partial charge in [0.15, 0.2) is 0 Å². The van der Waals surface area contributed by atoms with E-state index in [1.807, 2.05) is 6.92 Å². The lowest BCUT2D eigenvalue weighted by atomic mass is 9.92. The van der Waals surface area contributed by atoms with E-state index in [-0.39, 0.29) is 11.3 Å². The monoisotopic (exact) mass is 346 g/mol. The summed E-state index contributed by atoms with van der Waals surface area (Å²) >= 11 is 0. The number of fused-ring (bicyclic) bond motifs is 1. The molecule has 0 fully saturated rings. The van der Waals surface area contributed by atoms with Crippen LogP contribution in [0.3, 0.4) is 0 Å². The third-order valence-electron chi connectivity index (χ3n) is 4.16. The van der Waals surface area contributed by atoms with Gasteiger partial charge in [0.05, 0.1) is 0 Å². The topological polar surface area (TPSA) is 29.5 Å². The van der Waals surface area contributed by atoms with Crippen LogP contribution in [-0.2, 0) is 5.60 Å². The van der Waals surface area contributed by atoms with Gasteiger partial charge in [0, 0.05) is 0 Å². The summed E-state index contributed by atoms with van der Waals surface area (Å²) in [5.74, 6) is 0.272. The van der Waals surface area contributed by atoms with Crippen molar-refractivity contribution in [2.45, 2.75) is 18.7 Å². The molecule has 0 spiro atoms. The molecule has 0 amide bonds. The molecule has 5 heteroatoms. The number of hydrogen-bond acceptors (Lipinski definition) is 2. The third-order valence-corrected chi connectivity index (χ3v) is 4.16. The summed E-state index contributed by atoms with van der Waals surface area (Å²) in [5, 5.41) is 11.9. The van der Waals surface area contributed by atoms with E-state index in [2.05, 4.69) is 0 Å². The minimum Gasteiger partial charge on any atom is -0.490 e. The van der Waals surface area contributed by atoms with Gasteiger partial charge >= 0.3 is 6.18 Å². The maximum absolute atomic E-state index is 13.6. The molecule has 0 saturated carbocycles. The summed E-state index contributed by atoms with van der Waals surface area (Å²) in [4.78, 5) is 0. The minimum absolute atomic E-state index is 0.245. The van der Waals surface area contributed by atoms with Gasteiger partial charge in [-0.1, -0.05) is 54.1 Å². The SMILES string of the molecule is Cc1ccc(OCC(O)(c2ccc3ccccc3c2)C(F)(F)F)cc1. The van der Waals surface area contributed by atoms with Crippen molar-refractivity contribution in [3.05, 3.63) is 77.9 Å². The van der Waals surface area contributed by atoms with E-state index in [0.29, 0.717) is 5.39 Å². The Bertz CT molecular complexity index is 872. The van der Waals surface area contributed by atoms with Crippen LogP contribution in [0.15, 0.2) is 66.7 Å². The zero-order valence-corrected chi connectivity index (χ0v) is 13.5. The molecule has 0 aliphatic rings. The van der Waals surface area contributed by atoms with E-state index in [4.69, 9.17) is 4.74 Å². The molecule has 25 heavy (non-hydrogen) atoms. The summed E-state index contributed by atoms with van der Waals surface area (Å²) < 4.78 is 46.1. The van der Waals surface area contributed by atoms with Gasteiger partial charge in [0.2, 0.25) is 5.60 Å². The Labute approximate surface area is 143 Å². The summed E-state index contributed by atoms with van der Waals surface area (Å²) in [7, 11) is 0. The van der Waals surface area contributed by atoms with Crippen LogP contribution in [0.5, 0.6) is 5.75 Å². The van der Waals surface area contributed by atoms with Crippen molar-refractivity contribution < 1.29 is 23.0 Å². The van der Waals surface area contributed by atoms with Crippen LogP contribution in [0.2, 0.25) is 0 Å². The minimum atomic E-state index is -4.87. The average Bonchev–Trinajstić information content (AvgIpc) is 2.59. The number of ether oxygens (including phenoxy) is 1. The number of aliphatic hydroxyl groups is 1. The second kappa shape index (κ2) is 6.41. The average molecular weight is 346 g/mol. The lowest BCUT2D eigenvalue weighted by Crippen LogP contribution is -2.47. The Hall–Kier alpha value is -2.53. The Balaban J connectivity index is 1.95. The van der Waals surface area contributed by atoms with Crippen molar-refractivity contribution in [2.24, 2.45) is 0 Å². The molecule has 0 heterocycles. The number of aryl methyl sites for hydroxylation is 1. The van der Waals surface area contributed by atoms with Crippen molar-refractivity contribution in [2.75, 3.05) is 6.61 Å². The third kappa shape index (κ3) is 3.46. The number of alkyl halides is 3. The smallest absolute Gasteiger partial charge is 0.424 e. The molecule has 3 aromatic rings. The van der Waals surface area contributed by atoms with E-state index in [1.54, 1.807) is 54.6 Å². The predicted octanol–water partition coefficient (Wildman–Crippen LogP) is 4.98. The highest BCUT2D eigenvalue weighted by Crippen LogP contribution is 2.40. The molecule has 2 nitrogen and oxygen atoms in total.